The maximum atomic E-state index is 5.71. The van der Waals surface area contributed by atoms with Gasteiger partial charge >= 0.3 is 5.72 Å². The van der Waals surface area contributed by atoms with Crippen LogP contribution in [0.15, 0.2) is 0 Å². The van der Waals surface area contributed by atoms with Crippen LogP contribution < -0.4 is 0 Å². The van der Waals surface area contributed by atoms with Gasteiger partial charge in [-0.25, -0.2) is 0 Å². The molecule has 0 spiro atoms. The number of hydrogen-bond acceptors (Lipinski definition) is 2. The Morgan fingerprint density at radius 3 is 2.92 bits per heavy atom. The summed E-state index contributed by atoms with van der Waals surface area (Å²) in [7, 11) is 0. The second kappa shape index (κ2) is 2.97. The molecule has 2 aliphatic rings. The highest BCUT2D eigenvalue weighted by Crippen LogP contribution is 2.46. The summed E-state index contributed by atoms with van der Waals surface area (Å²) in [5.74, 6) is 0.733. The molecular weight excluding hydrogens is 166 g/mol. The summed E-state index contributed by atoms with van der Waals surface area (Å²) in [5, 5.41) is 0. The van der Waals surface area contributed by atoms with Crippen molar-refractivity contribution in [2.75, 3.05) is 13.2 Å². The first-order valence-electron chi connectivity index (χ1n) is 4.92. The van der Waals surface area contributed by atoms with Gasteiger partial charge in [-0.3, -0.25) is 0 Å². The van der Waals surface area contributed by atoms with E-state index in [0.717, 1.165) is 13.0 Å². The SMILES string of the molecule is C#[N+]C12OCC(C)C1OCC2CC. The molecule has 4 unspecified atom stereocenters. The van der Waals surface area contributed by atoms with Crippen molar-refractivity contribution in [2.45, 2.75) is 32.1 Å². The van der Waals surface area contributed by atoms with Crippen LogP contribution in [-0.4, -0.2) is 25.0 Å². The Balaban J connectivity index is 2.29. The molecule has 0 aromatic carbocycles. The van der Waals surface area contributed by atoms with Crippen molar-refractivity contribution in [3.05, 3.63) is 4.85 Å². The van der Waals surface area contributed by atoms with E-state index in [2.05, 4.69) is 18.7 Å². The predicted octanol–water partition coefficient (Wildman–Crippen LogP) is 1.74. The van der Waals surface area contributed by atoms with Crippen LogP contribution in [0.2, 0.25) is 0 Å². The summed E-state index contributed by atoms with van der Waals surface area (Å²) in [6, 6.07) is 0. The van der Waals surface area contributed by atoms with Gasteiger partial charge in [-0.05, 0) is 11.3 Å². The van der Waals surface area contributed by atoms with Crippen LogP contribution in [0.25, 0.3) is 4.85 Å². The summed E-state index contributed by atoms with van der Waals surface area (Å²) in [6.45, 7) is 11.1. The molecule has 0 aromatic rings. The highest BCUT2D eigenvalue weighted by atomic mass is 16.6. The van der Waals surface area contributed by atoms with Crippen molar-refractivity contribution < 1.29 is 9.47 Å². The number of rotatable bonds is 1. The van der Waals surface area contributed by atoms with Crippen LogP contribution >= 0.6 is 0 Å². The van der Waals surface area contributed by atoms with E-state index in [1.807, 2.05) is 0 Å². The van der Waals surface area contributed by atoms with Crippen LogP contribution in [0.5, 0.6) is 0 Å². The Bertz CT molecular complexity index is 248. The van der Waals surface area contributed by atoms with Crippen molar-refractivity contribution >= 4 is 0 Å². The topological polar surface area (TPSA) is 22.8 Å². The molecule has 2 saturated heterocycles. The predicted molar refractivity (Wildman–Crippen MR) is 49.7 cm³/mol. The summed E-state index contributed by atoms with van der Waals surface area (Å²) < 4.78 is 11.4. The molecular formula is C10H16NO2+. The molecule has 3 heteroatoms. The monoisotopic (exact) mass is 182 g/mol. The van der Waals surface area contributed by atoms with Crippen LogP contribution in [0.3, 0.4) is 0 Å². The summed E-state index contributed by atoms with van der Waals surface area (Å²) in [6.07, 6.45) is 1.08. The zero-order chi connectivity index (χ0) is 9.47. The lowest BCUT2D eigenvalue weighted by atomic mass is 9.90. The van der Waals surface area contributed by atoms with E-state index in [1.54, 1.807) is 0 Å². The fraction of sp³-hybridized carbons (Fsp3) is 0.900. The van der Waals surface area contributed by atoms with Crippen molar-refractivity contribution in [2.24, 2.45) is 11.8 Å². The number of ether oxygens (including phenoxy) is 2. The molecule has 0 N–H and O–H groups in total. The van der Waals surface area contributed by atoms with Gasteiger partial charge in [0, 0.05) is 5.92 Å². The molecule has 72 valence electrons. The lowest BCUT2D eigenvalue weighted by Gasteiger charge is -2.14. The second-order valence-electron chi connectivity index (χ2n) is 4.03. The Morgan fingerprint density at radius 2 is 2.31 bits per heavy atom. The van der Waals surface area contributed by atoms with Crippen molar-refractivity contribution in [1.82, 2.24) is 0 Å². The normalized spacial score (nSPS) is 48.8. The summed E-state index contributed by atoms with van der Waals surface area (Å²) in [5.41, 5.74) is -0.534. The van der Waals surface area contributed by atoms with E-state index in [4.69, 9.17) is 16.0 Å². The molecule has 2 heterocycles. The van der Waals surface area contributed by atoms with Gasteiger partial charge < -0.3 is 9.47 Å². The smallest absolute Gasteiger partial charge is 0.366 e. The molecule has 0 amide bonds. The van der Waals surface area contributed by atoms with Crippen LogP contribution in [0, 0.1) is 18.4 Å². The zero-order valence-electron chi connectivity index (χ0n) is 8.19. The second-order valence-corrected chi connectivity index (χ2v) is 4.03. The Hall–Kier alpha value is -0.590. The molecule has 0 aromatic heterocycles. The lowest BCUT2D eigenvalue weighted by molar-refractivity contribution is -0.00563. The highest BCUT2D eigenvalue weighted by Gasteiger charge is 2.67. The summed E-state index contributed by atoms with van der Waals surface area (Å²) in [4.78, 5) is 3.94. The van der Waals surface area contributed by atoms with Gasteiger partial charge in [0.05, 0.1) is 19.1 Å². The van der Waals surface area contributed by atoms with E-state index < -0.39 is 5.72 Å². The quantitative estimate of drug-likeness (QED) is 0.616. The largest absolute Gasteiger partial charge is 0.415 e. The maximum Gasteiger partial charge on any atom is 0.415 e. The molecule has 0 aliphatic carbocycles. The van der Waals surface area contributed by atoms with Gasteiger partial charge in [0.25, 0.3) is 6.57 Å². The molecule has 2 aliphatic heterocycles. The summed E-state index contributed by atoms with van der Waals surface area (Å²) >= 11 is 0. The van der Waals surface area contributed by atoms with Crippen molar-refractivity contribution in [1.29, 1.82) is 0 Å². The number of nitrogens with zero attached hydrogens (tertiary/aromatic N) is 1. The Kier molecular flexibility index (Phi) is 2.05. The minimum atomic E-state index is -0.534. The third-order valence-corrected chi connectivity index (χ3v) is 3.26. The third-order valence-electron chi connectivity index (χ3n) is 3.26. The highest BCUT2D eigenvalue weighted by molar-refractivity contribution is 5.11. The first-order valence-corrected chi connectivity index (χ1v) is 4.92. The van der Waals surface area contributed by atoms with Gasteiger partial charge in [0.15, 0.2) is 6.10 Å². The van der Waals surface area contributed by atoms with E-state index in [1.165, 1.54) is 0 Å². The molecule has 13 heavy (non-hydrogen) atoms. The fourth-order valence-electron chi connectivity index (χ4n) is 2.44. The number of hydrogen-bond donors (Lipinski definition) is 0. The maximum absolute atomic E-state index is 5.71. The van der Waals surface area contributed by atoms with Crippen molar-refractivity contribution in [3.63, 3.8) is 0 Å². The molecule has 4 atom stereocenters. The average molecular weight is 182 g/mol. The third kappa shape index (κ3) is 1.02. The molecule has 2 fully saturated rings. The van der Waals surface area contributed by atoms with Gasteiger partial charge in [-0.2, -0.15) is 0 Å². The molecule has 0 bridgehead atoms. The van der Waals surface area contributed by atoms with E-state index in [9.17, 15) is 0 Å². The molecule has 2 rings (SSSR count). The number of fused-ring (bicyclic) bond motifs is 1. The van der Waals surface area contributed by atoms with Gasteiger partial charge in [-0.1, -0.05) is 13.8 Å². The van der Waals surface area contributed by atoms with Gasteiger partial charge in [0.1, 0.15) is 0 Å². The molecule has 0 saturated carbocycles. The zero-order valence-corrected chi connectivity index (χ0v) is 8.19. The lowest BCUT2D eigenvalue weighted by Crippen LogP contribution is -2.38. The molecule has 3 nitrogen and oxygen atoms in total. The minimum Gasteiger partial charge on any atom is -0.366 e. The Labute approximate surface area is 78.8 Å². The first kappa shape index (κ1) is 8.98. The van der Waals surface area contributed by atoms with E-state index >= 15 is 0 Å². The van der Waals surface area contributed by atoms with Crippen LogP contribution in [0.1, 0.15) is 20.3 Å². The first-order chi connectivity index (χ1) is 6.24. The Morgan fingerprint density at radius 1 is 1.54 bits per heavy atom. The van der Waals surface area contributed by atoms with Crippen molar-refractivity contribution in [3.8, 4) is 6.57 Å². The average Bonchev–Trinajstić information content (AvgIpc) is 2.65. The molecule has 0 radical (unpaired) electrons. The van der Waals surface area contributed by atoms with Crippen LogP contribution in [0.4, 0.5) is 0 Å². The minimum absolute atomic E-state index is 0.0717. The van der Waals surface area contributed by atoms with Crippen LogP contribution in [-0.2, 0) is 9.47 Å². The fourth-order valence-corrected chi connectivity index (χ4v) is 2.44. The standard InChI is InChI=1S/C10H16NO2/c1-4-8-6-12-9-7(2)5-13-10(8,9)11-3/h3,7-9H,4-6H2,1-2H3/q+1. The van der Waals surface area contributed by atoms with Gasteiger partial charge in [0.2, 0.25) is 0 Å². The van der Waals surface area contributed by atoms with Gasteiger partial charge in [-0.15, -0.1) is 0 Å². The van der Waals surface area contributed by atoms with E-state index in [-0.39, 0.29) is 6.10 Å². The van der Waals surface area contributed by atoms with E-state index in [0.29, 0.717) is 18.4 Å².